The van der Waals surface area contributed by atoms with E-state index in [2.05, 4.69) is 0 Å². The second-order valence-corrected chi connectivity index (χ2v) is 6.02. The molecule has 2 rings (SSSR count). The summed E-state index contributed by atoms with van der Waals surface area (Å²) in [5.41, 5.74) is 3.33. The average Bonchev–Trinajstić information content (AvgIpc) is 2.36. The Morgan fingerprint density at radius 2 is 1.58 bits per heavy atom. The molecule has 5 heteroatoms. The molecule has 0 aliphatic rings. The molecule has 0 aliphatic heterocycles. The highest BCUT2D eigenvalue weighted by Crippen LogP contribution is 2.36. The van der Waals surface area contributed by atoms with Gasteiger partial charge in [0.1, 0.15) is 0 Å². The number of halogens is 2. The van der Waals surface area contributed by atoms with E-state index < -0.39 is 10.7 Å². The Labute approximate surface area is 123 Å². The quantitative estimate of drug-likeness (QED) is 0.841. The van der Waals surface area contributed by atoms with Crippen molar-refractivity contribution < 1.29 is 8.42 Å². The van der Waals surface area contributed by atoms with Gasteiger partial charge in [0.05, 0.1) is 14.9 Å². The number of hydrogen-bond acceptors (Lipinski definition) is 2. The van der Waals surface area contributed by atoms with E-state index in [0.717, 1.165) is 22.3 Å². The largest absolute Gasteiger partial charge is 0.227 e. The molecule has 0 N–H and O–H groups in total. The minimum absolute atomic E-state index is 0.342. The van der Waals surface area contributed by atoms with Crippen molar-refractivity contribution >= 4 is 33.9 Å². The minimum atomic E-state index is -2.59. The Morgan fingerprint density at radius 3 is 2.21 bits per heavy atom. The molecule has 0 amide bonds. The fourth-order valence-electron chi connectivity index (χ4n) is 2.01. The van der Waals surface area contributed by atoms with Gasteiger partial charge in [0.15, 0.2) is 10.7 Å². The molecule has 0 spiro atoms. The highest BCUT2D eigenvalue weighted by atomic mass is 35.5. The first-order chi connectivity index (χ1) is 8.93. The van der Waals surface area contributed by atoms with E-state index in [4.69, 9.17) is 23.2 Å². The van der Waals surface area contributed by atoms with E-state index in [9.17, 15) is 8.42 Å². The predicted octanol–water partition coefficient (Wildman–Crippen LogP) is 4.25. The van der Waals surface area contributed by atoms with Gasteiger partial charge in [-0.3, -0.25) is 0 Å². The summed E-state index contributed by atoms with van der Waals surface area (Å²) in [6, 6.07) is 8.77. The fraction of sp³-hybridized carbons (Fsp3) is 0.143. The molecular weight excluding hydrogens is 303 g/mol. The molecule has 0 radical (unpaired) electrons. The predicted molar refractivity (Wildman–Crippen MR) is 80.0 cm³/mol. The van der Waals surface area contributed by atoms with Crippen LogP contribution in [0, 0.1) is 13.8 Å². The molecule has 19 heavy (non-hydrogen) atoms. The second kappa shape index (κ2) is 5.53. The lowest BCUT2D eigenvalue weighted by molar-refractivity contribution is 0.614. The molecule has 0 saturated carbocycles. The zero-order chi connectivity index (χ0) is 14.2. The summed E-state index contributed by atoms with van der Waals surface area (Å²) in [7, 11) is -2.59. The maximum absolute atomic E-state index is 11.1. The van der Waals surface area contributed by atoms with E-state index in [-0.39, 0.29) is 0 Å². The standard InChI is InChI=1S/C14H12Cl2O2S/c1-8-9(2)13(19(17)18)7-6-10(8)11-4-3-5-12(15)14(11)16/h3-7,19H,1-2H3. The zero-order valence-corrected chi connectivity index (χ0v) is 12.8. The average molecular weight is 315 g/mol. The van der Waals surface area contributed by atoms with Crippen LogP contribution < -0.4 is 0 Å². The van der Waals surface area contributed by atoms with Crippen LogP contribution in [0.4, 0.5) is 0 Å². The van der Waals surface area contributed by atoms with Crippen molar-refractivity contribution in [3.63, 3.8) is 0 Å². The molecule has 100 valence electrons. The number of hydrogen-bond donors (Lipinski definition) is 1. The smallest absolute Gasteiger partial charge is 0.168 e. The van der Waals surface area contributed by atoms with Crippen LogP contribution in [0.2, 0.25) is 10.0 Å². The van der Waals surface area contributed by atoms with E-state index in [1.54, 1.807) is 25.1 Å². The van der Waals surface area contributed by atoms with Gasteiger partial charge >= 0.3 is 0 Å². The molecule has 0 saturated heterocycles. The maximum atomic E-state index is 11.1. The summed E-state index contributed by atoms with van der Waals surface area (Å²) >= 11 is 12.2. The summed E-state index contributed by atoms with van der Waals surface area (Å²) in [4.78, 5) is 0.342. The van der Waals surface area contributed by atoms with E-state index in [1.807, 2.05) is 19.1 Å². The third-order valence-electron chi connectivity index (χ3n) is 3.20. The minimum Gasteiger partial charge on any atom is -0.227 e. The highest BCUT2D eigenvalue weighted by Gasteiger charge is 2.13. The summed E-state index contributed by atoms with van der Waals surface area (Å²) in [6.45, 7) is 3.67. The van der Waals surface area contributed by atoms with Crippen molar-refractivity contribution in [2.24, 2.45) is 0 Å². The van der Waals surface area contributed by atoms with Gasteiger partial charge in [0, 0.05) is 5.56 Å². The summed E-state index contributed by atoms with van der Waals surface area (Å²) in [5, 5.41) is 0.959. The molecule has 0 fully saturated rings. The van der Waals surface area contributed by atoms with E-state index in [1.165, 1.54) is 0 Å². The number of rotatable bonds is 2. The topological polar surface area (TPSA) is 34.1 Å². The number of benzene rings is 2. The van der Waals surface area contributed by atoms with Crippen molar-refractivity contribution in [1.29, 1.82) is 0 Å². The van der Waals surface area contributed by atoms with Gasteiger partial charge in [-0.25, -0.2) is 8.42 Å². The molecule has 0 aliphatic carbocycles. The lowest BCUT2D eigenvalue weighted by Crippen LogP contribution is -1.94. The Morgan fingerprint density at radius 1 is 0.895 bits per heavy atom. The van der Waals surface area contributed by atoms with Gasteiger partial charge < -0.3 is 0 Å². The van der Waals surface area contributed by atoms with Crippen LogP contribution in [0.5, 0.6) is 0 Å². The molecule has 2 nitrogen and oxygen atoms in total. The van der Waals surface area contributed by atoms with Crippen molar-refractivity contribution in [2.45, 2.75) is 18.7 Å². The van der Waals surface area contributed by atoms with Crippen molar-refractivity contribution in [3.05, 3.63) is 51.5 Å². The third-order valence-corrected chi connectivity index (χ3v) is 4.89. The van der Waals surface area contributed by atoms with Crippen molar-refractivity contribution in [3.8, 4) is 11.1 Å². The van der Waals surface area contributed by atoms with Crippen LogP contribution in [0.3, 0.4) is 0 Å². The van der Waals surface area contributed by atoms with Gasteiger partial charge in [0.25, 0.3) is 0 Å². The Kier molecular flexibility index (Phi) is 4.19. The van der Waals surface area contributed by atoms with Crippen LogP contribution >= 0.6 is 23.2 Å². The number of thiol groups is 1. The maximum Gasteiger partial charge on any atom is 0.168 e. The lowest BCUT2D eigenvalue weighted by Gasteiger charge is -2.12. The molecule has 0 aromatic heterocycles. The molecule has 0 heterocycles. The Balaban J connectivity index is 2.71. The summed E-state index contributed by atoms with van der Waals surface area (Å²) in [6.07, 6.45) is 0. The molecule has 0 unspecified atom stereocenters. The van der Waals surface area contributed by atoms with Gasteiger partial charge in [-0.05, 0) is 42.7 Å². The summed E-state index contributed by atoms with van der Waals surface area (Å²) in [5.74, 6) is 0. The fourth-order valence-corrected chi connectivity index (χ4v) is 3.05. The highest BCUT2D eigenvalue weighted by molar-refractivity contribution is 7.72. The molecule has 0 atom stereocenters. The van der Waals surface area contributed by atoms with Gasteiger partial charge in [-0.1, -0.05) is 41.4 Å². The molecule has 2 aromatic rings. The molecular formula is C14H12Cl2O2S. The van der Waals surface area contributed by atoms with Gasteiger partial charge in [0.2, 0.25) is 0 Å². The summed E-state index contributed by atoms with van der Waals surface area (Å²) < 4.78 is 22.3. The zero-order valence-electron chi connectivity index (χ0n) is 10.4. The van der Waals surface area contributed by atoms with Crippen molar-refractivity contribution in [2.75, 3.05) is 0 Å². The first kappa shape index (κ1) is 14.4. The van der Waals surface area contributed by atoms with E-state index in [0.29, 0.717) is 14.9 Å². The van der Waals surface area contributed by atoms with Crippen LogP contribution in [-0.2, 0) is 10.7 Å². The monoisotopic (exact) mass is 314 g/mol. The van der Waals surface area contributed by atoms with E-state index >= 15 is 0 Å². The lowest BCUT2D eigenvalue weighted by atomic mass is 9.97. The van der Waals surface area contributed by atoms with Crippen LogP contribution in [0.1, 0.15) is 11.1 Å². The first-order valence-corrected chi connectivity index (χ1v) is 7.55. The van der Waals surface area contributed by atoms with Gasteiger partial charge in [-0.15, -0.1) is 0 Å². The molecule has 0 bridgehead atoms. The van der Waals surface area contributed by atoms with Crippen LogP contribution in [-0.4, -0.2) is 8.42 Å². The third kappa shape index (κ3) is 2.64. The Hall–Kier alpha value is -1.03. The SMILES string of the molecule is Cc1c(-c2cccc(Cl)c2Cl)ccc([SH](=O)=O)c1C. The van der Waals surface area contributed by atoms with Crippen LogP contribution in [0.25, 0.3) is 11.1 Å². The Bertz CT molecular complexity index is 714. The normalized spacial score (nSPS) is 11.0. The molecule has 2 aromatic carbocycles. The van der Waals surface area contributed by atoms with Crippen molar-refractivity contribution in [1.82, 2.24) is 0 Å². The second-order valence-electron chi connectivity index (χ2n) is 4.24. The first-order valence-electron chi connectivity index (χ1n) is 5.62. The van der Waals surface area contributed by atoms with Gasteiger partial charge in [-0.2, -0.15) is 0 Å². The van der Waals surface area contributed by atoms with Crippen LogP contribution in [0.15, 0.2) is 35.2 Å².